The fourth-order valence-electron chi connectivity index (χ4n) is 1.63. The van der Waals surface area contributed by atoms with Crippen LogP contribution in [0.3, 0.4) is 0 Å². The molecule has 0 fully saturated rings. The second-order valence-corrected chi connectivity index (χ2v) is 4.69. The summed E-state index contributed by atoms with van der Waals surface area (Å²) in [6.07, 6.45) is 0. The van der Waals surface area contributed by atoms with Gasteiger partial charge in [0.15, 0.2) is 0 Å². The van der Waals surface area contributed by atoms with Crippen LogP contribution in [0.5, 0.6) is 11.6 Å². The monoisotopic (exact) mass is 275 g/mol. The lowest BCUT2D eigenvalue weighted by Gasteiger charge is -2.07. The third-order valence-electron chi connectivity index (χ3n) is 2.54. The second-order valence-electron chi connectivity index (χ2n) is 3.80. The van der Waals surface area contributed by atoms with Gasteiger partial charge < -0.3 is 10.1 Å². The van der Waals surface area contributed by atoms with Crippen LogP contribution in [0, 0.1) is 5.82 Å². The summed E-state index contributed by atoms with van der Waals surface area (Å²) in [5, 5.41) is 5.66. The predicted molar refractivity (Wildman–Crippen MR) is 73.4 cm³/mol. The van der Waals surface area contributed by atoms with Gasteiger partial charge in [-0.2, -0.15) is 4.98 Å². The first-order valence-corrected chi connectivity index (χ1v) is 6.50. The Morgan fingerprint density at radius 2 is 1.95 bits per heavy atom. The number of fused-ring (bicyclic) bond motifs is 1. The topological polar surface area (TPSA) is 47.0 Å². The van der Waals surface area contributed by atoms with Crippen LogP contribution in [0.2, 0.25) is 0 Å². The third kappa shape index (κ3) is 2.34. The summed E-state index contributed by atoms with van der Waals surface area (Å²) in [4.78, 5) is 9.45. The average molecular weight is 275 g/mol. The normalized spacial score (nSPS) is 10.6. The maximum absolute atomic E-state index is 12.9. The molecule has 0 aliphatic carbocycles. The quantitative estimate of drug-likeness (QED) is 0.792. The van der Waals surface area contributed by atoms with Crippen LogP contribution in [-0.4, -0.2) is 17.0 Å². The van der Waals surface area contributed by atoms with E-state index in [-0.39, 0.29) is 5.82 Å². The minimum atomic E-state index is -0.299. The van der Waals surface area contributed by atoms with Crippen LogP contribution in [-0.2, 0) is 0 Å². The van der Waals surface area contributed by atoms with Crippen LogP contribution in [0.1, 0.15) is 0 Å². The summed E-state index contributed by atoms with van der Waals surface area (Å²) in [7, 11) is 1.75. The highest BCUT2D eigenvalue weighted by Gasteiger charge is 2.10. The van der Waals surface area contributed by atoms with Crippen molar-refractivity contribution in [1.82, 2.24) is 9.97 Å². The fraction of sp³-hybridized carbons (Fsp3) is 0.0769. The van der Waals surface area contributed by atoms with E-state index in [1.54, 1.807) is 19.2 Å². The first kappa shape index (κ1) is 11.9. The van der Waals surface area contributed by atoms with Gasteiger partial charge in [-0.25, -0.2) is 9.37 Å². The van der Waals surface area contributed by atoms with Gasteiger partial charge in [-0.15, -0.1) is 11.3 Å². The summed E-state index contributed by atoms with van der Waals surface area (Å²) < 4.78 is 18.6. The zero-order valence-corrected chi connectivity index (χ0v) is 10.9. The molecule has 0 bridgehead atoms. The van der Waals surface area contributed by atoms with E-state index >= 15 is 0 Å². The zero-order valence-electron chi connectivity index (χ0n) is 10.1. The Bertz CT molecular complexity index is 711. The minimum absolute atomic E-state index is 0.299. The molecule has 4 nitrogen and oxygen atoms in total. The average Bonchev–Trinajstić information content (AvgIpc) is 2.89. The maximum atomic E-state index is 12.9. The highest BCUT2D eigenvalue weighted by Crippen LogP contribution is 2.31. The Kier molecular flexibility index (Phi) is 3.00. The number of aromatic nitrogens is 2. The predicted octanol–water partition coefficient (Wildman–Crippen LogP) is 3.66. The van der Waals surface area contributed by atoms with Gasteiger partial charge in [-0.05, 0) is 35.7 Å². The molecule has 3 rings (SSSR count). The molecule has 0 amide bonds. The van der Waals surface area contributed by atoms with Gasteiger partial charge in [0.2, 0.25) is 11.8 Å². The molecule has 19 heavy (non-hydrogen) atoms. The zero-order chi connectivity index (χ0) is 13.2. The lowest BCUT2D eigenvalue weighted by atomic mass is 10.3. The smallest absolute Gasteiger partial charge is 0.232 e. The number of nitrogens with zero attached hydrogens (tertiary/aromatic N) is 2. The number of ether oxygens (including phenoxy) is 1. The molecular weight excluding hydrogens is 265 g/mol. The molecule has 6 heteroatoms. The van der Waals surface area contributed by atoms with E-state index in [9.17, 15) is 4.39 Å². The maximum Gasteiger partial charge on any atom is 0.232 e. The summed E-state index contributed by atoms with van der Waals surface area (Å²) in [6.45, 7) is 0. The summed E-state index contributed by atoms with van der Waals surface area (Å²) in [6, 6.07) is 7.72. The summed E-state index contributed by atoms with van der Waals surface area (Å²) >= 11 is 1.51. The molecule has 0 spiro atoms. The van der Waals surface area contributed by atoms with Crippen molar-refractivity contribution in [2.75, 3.05) is 12.4 Å². The van der Waals surface area contributed by atoms with Crippen molar-refractivity contribution in [3.05, 3.63) is 41.5 Å². The number of thiophene rings is 1. The van der Waals surface area contributed by atoms with Crippen LogP contribution in [0.25, 0.3) is 10.2 Å². The van der Waals surface area contributed by atoms with Gasteiger partial charge >= 0.3 is 0 Å². The molecule has 0 unspecified atom stereocenters. The summed E-state index contributed by atoms with van der Waals surface area (Å²) in [5.74, 6) is 1.19. The van der Waals surface area contributed by atoms with E-state index in [1.165, 1.54) is 23.5 Å². The van der Waals surface area contributed by atoms with Gasteiger partial charge in [0.25, 0.3) is 0 Å². The van der Waals surface area contributed by atoms with Crippen molar-refractivity contribution in [1.29, 1.82) is 0 Å². The number of hydrogen-bond acceptors (Lipinski definition) is 5. The molecule has 96 valence electrons. The molecule has 1 N–H and O–H groups in total. The van der Waals surface area contributed by atoms with E-state index < -0.39 is 0 Å². The second kappa shape index (κ2) is 4.81. The van der Waals surface area contributed by atoms with Gasteiger partial charge in [0.1, 0.15) is 16.4 Å². The first-order valence-electron chi connectivity index (χ1n) is 5.62. The Labute approximate surface area is 112 Å². The van der Waals surface area contributed by atoms with E-state index in [4.69, 9.17) is 4.74 Å². The highest BCUT2D eigenvalue weighted by molar-refractivity contribution is 7.16. The Morgan fingerprint density at radius 1 is 1.16 bits per heavy atom. The number of anilines is 1. The standard InChI is InChI=1S/C13H10FN3OS/c1-15-13-16-11(10-6-7-19-12(10)17-13)18-9-4-2-8(14)3-5-9/h2-7H,1H3,(H,15,16,17). The molecule has 1 aromatic carbocycles. The van der Waals surface area contributed by atoms with Crippen molar-refractivity contribution in [3.8, 4) is 11.6 Å². The van der Waals surface area contributed by atoms with Gasteiger partial charge in [0.05, 0.1) is 5.39 Å². The SMILES string of the molecule is CNc1nc(Oc2ccc(F)cc2)c2ccsc2n1. The van der Waals surface area contributed by atoms with Crippen molar-refractivity contribution in [3.63, 3.8) is 0 Å². The number of halogens is 1. The molecule has 0 saturated carbocycles. The Balaban J connectivity index is 2.03. The molecule has 0 aliphatic rings. The van der Waals surface area contributed by atoms with Crippen molar-refractivity contribution >= 4 is 27.5 Å². The van der Waals surface area contributed by atoms with E-state index in [0.717, 1.165) is 10.2 Å². The number of hydrogen-bond donors (Lipinski definition) is 1. The number of nitrogens with one attached hydrogen (secondary N) is 1. The molecule has 0 radical (unpaired) electrons. The number of rotatable bonds is 3. The van der Waals surface area contributed by atoms with Crippen LogP contribution in [0.15, 0.2) is 35.7 Å². The van der Waals surface area contributed by atoms with Crippen molar-refractivity contribution in [2.45, 2.75) is 0 Å². The first-order chi connectivity index (χ1) is 9.26. The van der Waals surface area contributed by atoms with E-state index in [1.807, 2.05) is 11.4 Å². The molecule has 2 heterocycles. The van der Waals surface area contributed by atoms with Crippen LogP contribution >= 0.6 is 11.3 Å². The minimum Gasteiger partial charge on any atom is -0.438 e. The van der Waals surface area contributed by atoms with Crippen molar-refractivity contribution in [2.24, 2.45) is 0 Å². The lowest BCUT2D eigenvalue weighted by Crippen LogP contribution is -1.98. The summed E-state index contributed by atoms with van der Waals surface area (Å²) in [5.41, 5.74) is 0. The molecule has 0 atom stereocenters. The van der Waals surface area contributed by atoms with Gasteiger partial charge in [0, 0.05) is 7.05 Å². The van der Waals surface area contributed by atoms with Gasteiger partial charge in [-0.1, -0.05) is 0 Å². The molecule has 3 aromatic rings. The van der Waals surface area contributed by atoms with Crippen LogP contribution in [0.4, 0.5) is 10.3 Å². The molecule has 2 aromatic heterocycles. The van der Waals surface area contributed by atoms with Crippen molar-refractivity contribution < 1.29 is 9.13 Å². The third-order valence-corrected chi connectivity index (χ3v) is 3.35. The molecular formula is C13H10FN3OS. The molecule has 0 saturated heterocycles. The van der Waals surface area contributed by atoms with Crippen LogP contribution < -0.4 is 10.1 Å². The van der Waals surface area contributed by atoms with E-state index in [0.29, 0.717) is 17.6 Å². The largest absolute Gasteiger partial charge is 0.438 e. The van der Waals surface area contributed by atoms with Gasteiger partial charge in [-0.3, -0.25) is 0 Å². The Hall–Kier alpha value is -2.21. The van der Waals surface area contributed by atoms with E-state index in [2.05, 4.69) is 15.3 Å². The fourth-order valence-corrected chi connectivity index (χ4v) is 2.39. The highest BCUT2D eigenvalue weighted by atomic mass is 32.1. The Morgan fingerprint density at radius 3 is 2.68 bits per heavy atom. The number of benzene rings is 1. The molecule has 0 aliphatic heterocycles. The lowest BCUT2D eigenvalue weighted by molar-refractivity contribution is 0.467.